The summed E-state index contributed by atoms with van der Waals surface area (Å²) in [6.07, 6.45) is 4.88. The highest BCUT2D eigenvalue weighted by molar-refractivity contribution is 7.98. The molecule has 164 valence electrons. The van der Waals surface area contributed by atoms with Gasteiger partial charge in [-0.3, -0.25) is 4.79 Å². The molecule has 7 heteroatoms. The van der Waals surface area contributed by atoms with Crippen LogP contribution in [0.4, 0.5) is 5.13 Å². The van der Waals surface area contributed by atoms with Gasteiger partial charge in [-0.2, -0.15) is 0 Å². The van der Waals surface area contributed by atoms with Crippen molar-refractivity contribution in [3.05, 3.63) is 48.0 Å². The number of carbonyl (C=O) groups excluding carboxylic acids is 1. The van der Waals surface area contributed by atoms with Crippen LogP contribution in [-0.4, -0.2) is 43.4 Å². The van der Waals surface area contributed by atoms with Gasteiger partial charge in [0.1, 0.15) is 5.75 Å². The van der Waals surface area contributed by atoms with Crippen LogP contribution >= 0.6 is 23.1 Å². The Morgan fingerprint density at radius 3 is 2.90 bits per heavy atom. The Hall–Kier alpha value is -2.25. The average molecular weight is 456 g/mol. The van der Waals surface area contributed by atoms with Crippen LogP contribution in [0.25, 0.3) is 10.2 Å². The third-order valence-corrected chi connectivity index (χ3v) is 7.42. The van der Waals surface area contributed by atoms with Gasteiger partial charge in [0.2, 0.25) is 5.91 Å². The van der Waals surface area contributed by atoms with Gasteiger partial charge >= 0.3 is 0 Å². The van der Waals surface area contributed by atoms with Gasteiger partial charge in [-0.25, -0.2) is 4.98 Å². The molecule has 0 radical (unpaired) electrons. The van der Waals surface area contributed by atoms with E-state index in [0.717, 1.165) is 53.4 Å². The van der Waals surface area contributed by atoms with Crippen LogP contribution in [0, 0.1) is 5.92 Å². The Morgan fingerprint density at radius 1 is 1.29 bits per heavy atom. The highest BCUT2D eigenvalue weighted by Gasteiger charge is 2.27. The molecule has 2 heterocycles. The van der Waals surface area contributed by atoms with E-state index in [0.29, 0.717) is 13.2 Å². The lowest BCUT2D eigenvalue weighted by atomic mass is 9.97. The number of nitrogens with one attached hydrogen (secondary N) is 1. The van der Waals surface area contributed by atoms with Crippen molar-refractivity contribution < 1.29 is 9.53 Å². The van der Waals surface area contributed by atoms with Crippen LogP contribution in [-0.2, 0) is 11.2 Å². The number of anilines is 1. The number of hydrogen-bond donors (Lipinski definition) is 1. The second kappa shape index (κ2) is 10.4. The number of fused-ring (bicyclic) bond motifs is 1. The van der Waals surface area contributed by atoms with Crippen LogP contribution < -0.4 is 15.0 Å². The maximum absolute atomic E-state index is 12.8. The lowest BCUT2D eigenvalue weighted by molar-refractivity contribution is -0.125. The maximum Gasteiger partial charge on any atom is 0.224 e. The molecule has 1 aliphatic heterocycles. The van der Waals surface area contributed by atoms with Gasteiger partial charge in [0, 0.05) is 24.5 Å². The molecule has 3 aromatic rings. The molecule has 1 atom stereocenters. The summed E-state index contributed by atoms with van der Waals surface area (Å²) in [4.78, 5) is 21.1. The third kappa shape index (κ3) is 5.52. The second-order valence-electron chi connectivity index (χ2n) is 7.73. The lowest BCUT2D eigenvalue weighted by Crippen LogP contribution is -2.43. The zero-order chi connectivity index (χ0) is 21.6. The van der Waals surface area contributed by atoms with Crippen molar-refractivity contribution in [2.24, 2.45) is 5.92 Å². The molecule has 2 aromatic carbocycles. The van der Waals surface area contributed by atoms with E-state index in [-0.39, 0.29) is 11.8 Å². The summed E-state index contributed by atoms with van der Waals surface area (Å²) >= 11 is 3.42. The fourth-order valence-corrected chi connectivity index (χ4v) is 5.35. The Labute approximate surface area is 192 Å². The molecule has 31 heavy (non-hydrogen) atoms. The summed E-state index contributed by atoms with van der Waals surface area (Å²) in [5.41, 5.74) is 2.24. The van der Waals surface area contributed by atoms with Crippen molar-refractivity contribution in [1.29, 1.82) is 0 Å². The molecule has 1 aromatic heterocycles. The Morgan fingerprint density at radius 2 is 2.13 bits per heavy atom. The maximum atomic E-state index is 12.8. The molecule has 0 spiro atoms. The second-order valence-corrected chi connectivity index (χ2v) is 9.62. The lowest BCUT2D eigenvalue weighted by Gasteiger charge is -2.31. The highest BCUT2D eigenvalue weighted by Crippen LogP contribution is 2.33. The molecule has 4 rings (SSSR count). The highest BCUT2D eigenvalue weighted by atomic mass is 32.2. The number of nitrogens with zero attached hydrogens (tertiary/aromatic N) is 2. The van der Waals surface area contributed by atoms with Crippen LogP contribution in [0.2, 0.25) is 0 Å². The summed E-state index contributed by atoms with van der Waals surface area (Å²) < 4.78 is 6.73. The largest absolute Gasteiger partial charge is 0.494 e. The number of benzene rings is 2. The molecule has 1 saturated heterocycles. The first kappa shape index (κ1) is 22.0. The molecular weight excluding hydrogens is 426 g/mol. The number of carbonyl (C=O) groups is 1. The molecule has 5 nitrogen and oxygen atoms in total. The number of ether oxygens (including phenoxy) is 1. The van der Waals surface area contributed by atoms with E-state index in [1.54, 1.807) is 23.1 Å². The Kier molecular flexibility index (Phi) is 7.35. The fourth-order valence-electron chi connectivity index (χ4n) is 3.92. The van der Waals surface area contributed by atoms with Gasteiger partial charge in [0.05, 0.1) is 22.7 Å². The molecule has 1 aliphatic rings. The first-order valence-electron chi connectivity index (χ1n) is 10.8. The standard InChI is InChI=1S/C24H29N3O2S2/c1-3-29-19-8-11-21-22(15-19)31-24(26-21)27-14-4-5-18(16-27)23(28)25-13-12-17-6-9-20(30-2)10-7-17/h6-11,15,18H,3-5,12-14,16H2,1-2H3,(H,25,28)/t18-/m0/s1. The summed E-state index contributed by atoms with van der Waals surface area (Å²) in [6, 6.07) is 14.6. The van der Waals surface area contributed by atoms with Crippen molar-refractivity contribution in [2.45, 2.75) is 31.1 Å². The Balaban J connectivity index is 1.33. The molecule has 0 bridgehead atoms. The number of amides is 1. The monoisotopic (exact) mass is 455 g/mol. The van der Waals surface area contributed by atoms with E-state index in [9.17, 15) is 4.79 Å². The van der Waals surface area contributed by atoms with Gasteiger partial charge in [-0.1, -0.05) is 23.5 Å². The number of aromatic nitrogens is 1. The van der Waals surface area contributed by atoms with Crippen LogP contribution in [0.15, 0.2) is 47.4 Å². The van der Waals surface area contributed by atoms with E-state index in [1.165, 1.54) is 10.5 Å². The number of rotatable bonds is 8. The average Bonchev–Trinajstić information content (AvgIpc) is 3.23. The van der Waals surface area contributed by atoms with Crippen molar-refractivity contribution in [3.8, 4) is 5.75 Å². The van der Waals surface area contributed by atoms with Crippen LogP contribution in [0.1, 0.15) is 25.3 Å². The molecular formula is C24H29N3O2S2. The van der Waals surface area contributed by atoms with Crippen molar-refractivity contribution in [1.82, 2.24) is 10.3 Å². The molecule has 0 aliphatic carbocycles. The number of thioether (sulfide) groups is 1. The number of hydrogen-bond acceptors (Lipinski definition) is 6. The first-order valence-corrected chi connectivity index (χ1v) is 12.9. The fraction of sp³-hybridized carbons (Fsp3) is 0.417. The first-order chi connectivity index (χ1) is 15.2. The molecule has 0 unspecified atom stereocenters. The predicted molar refractivity (Wildman–Crippen MR) is 131 cm³/mol. The van der Waals surface area contributed by atoms with Gasteiger partial charge in [0.25, 0.3) is 0 Å². The summed E-state index contributed by atoms with van der Waals surface area (Å²) in [7, 11) is 0. The van der Waals surface area contributed by atoms with E-state index < -0.39 is 0 Å². The zero-order valence-electron chi connectivity index (χ0n) is 18.1. The topological polar surface area (TPSA) is 54.5 Å². The minimum atomic E-state index is 0.0126. The van der Waals surface area contributed by atoms with Crippen molar-refractivity contribution in [2.75, 3.05) is 37.4 Å². The molecule has 1 fully saturated rings. The Bertz CT molecular complexity index is 1020. The van der Waals surface area contributed by atoms with Crippen molar-refractivity contribution in [3.63, 3.8) is 0 Å². The minimum absolute atomic E-state index is 0.0126. The van der Waals surface area contributed by atoms with Crippen LogP contribution in [0.5, 0.6) is 5.75 Å². The van der Waals surface area contributed by atoms with Crippen molar-refractivity contribution >= 4 is 44.4 Å². The van der Waals surface area contributed by atoms with Gasteiger partial charge < -0.3 is 15.0 Å². The molecule has 0 saturated carbocycles. The number of piperidine rings is 1. The van der Waals surface area contributed by atoms with E-state index >= 15 is 0 Å². The summed E-state index contributed by atoms with van der Waals surface area (Å²) in [6.45, 7) is 5.00. The molecule has 1 amide bonds. The van der Waals surface area contributed by atoms with E-state index in [4.69, 9.17) is 9.72 Å². The van der Waals surface area contributed by atoms with E-state index in [2.05, 4.69) is 46.8 Å². The van der Waals surface area contributed by atoms with E-state index in [1.807, 2.05) is 19.1 Å². The van der Waals surface area contributed by atoms with Gasteiger partial charge in [0.15, 0.2) is 5.13 Å². The summed E-state index contributed by atoms with van der Waals surface area (Å²) in [5, 5.41) is 4.14. The summed E-state index contributed by atoms with van der Waals surface area (Å²) in [5.74, 6) is 1.05. The SMILES string of the molecule is CCOc1ccc2nc(N3CCC[C@H](C(=O)NCCc4ccc(SC)cc4)C3)sc2c1. The minimum Gasteiger partial charge on any atom is -0.494 e. The quantitative estimate of drug-likeness (QED) is 0.485. The molecule has 1 N–H and O–H groups in total. The number of thiazole rings is 1. The normalized spacial score (nSPS) is 16.5. The van der Waals surface area contributed by atoms with Crippen LogP contribution in [0.3, 0.4) is 0 Å². The van der Waals surface area contributed by atoms with Gasteiger partial charge in [-0.05, 0) is 68.3 Å². The van der Waals surface area contributed by atoms with Gasteiger partial charge in [-0.15, -0.1) is 11.8 Å². The zero-order valence-corrected chi connectivity index (χ0v) is 19.7. The third-order valence-electron chi connectivity index (χ3n) is 5.59. The smallest absolute Gasteiger partial charge is 0.224 e. The predicted octanol–water partition coefficient (Wildman–Crippen LogP) is 4.99.